The molecule has 0 radical (unpaired) electrons. The fourth-order valence-electron chi connectivity index (χ4n) is 2.32. The molecule has 0 aliphatic heterocycles. The van der Waals surface area contributed by atoms with Crippen molar-refractivity contribution in [2.75, 3.05) is 6.61 Å². The summed E-state index contributed by atoms with van der Waals surface area (Å²) in [5.74, 6) is -0.288. The minimum atomic E-state index is -0.288. The molecule has 0 aliphatic carbocycles. The van der Waals surface area contributed by atoms with Crippen LogP contribution in [0.25, 0.3) is 11.1 Å². The Morgan fingerprint density at radius 3 is 2.47 bits per heavy atom. The monoisotopic (exact) mass is 257 g/mol. The van der Waals surface area contributed by atoms with Crippen molar-refractivity contribution in [1.82, 2.24) is 4.98 Å². The second-order valence-corrected chi connectivity index (χ2v) is 4.42. The molecule has 0 fully saturated rings. The Labute approximate surface area is 113 Å². The van der Waals surface area contributed by atoms with E-state index >= 15 is 0 Å². The topological polar surface area (TPSA) is 42.1 Å². The predicted octanol–water partition coefficient (Wildman–Crippen LogP) is 3.73. The van der Waals surface area contributed by atoms with Crippen molar-refractivity contribution in [3.63, 3.8) is 0 Å². The Morgan fingerprint density at radius 1 is 1.21 bits per heavy atom. The molecule has 1 N–H and O–H groups in total. The Hall–Kier alpha value is -2.03. The summed E-state index contributed by atoms with van der Waals surface area (Å²) in [6.45, 7) is 6.31. The second-order valence-electron chi connectivity index (χ2n) is 4.42. The van der Waals surface area contributed by atoms with Crippen LogP contribution in [-0.2, 0) is 11.2 Å². The van der Waals surface area contributed by atoms with Crippen LogP contribution in [0.15, 0.2) is 30.3 Å². The van der Waals surface area contributed by atoms with Gasteiger partial charge in [-0.05, 0) is 31.4 Å². The van der Waals surface area contributed by atoms with Crippen LogP contribution >= 0.6 is 0 Å². The first-order chi connectivity index (χ1) is 9.19. The van der Waals surface area contributed by atoms with Crippen molar-refractivity contribution in [3.8, 4) is 11.1 Å². The Morgan fingerprint density at radius 2 is 1.89 bits per heavy atom. The summed E-state index contributed by atoms with van der Waals surface area (Å²) in [4.78, 5) is 15.3. The quantitative estimate of drug-likeness (QED) is 0.848. The highest BCUT2D eigenvalue weighted by Gasteiger charge is 2.20. The lowest BCUT2D eigenvalue weighted by Crippen LogP contribution is -2.06. The molecule has 2 aromatic rings. The molecule has 0 spiro atoms. The largest absolute Gasteiger partial charge is 0.461 e. The van der Waals surface area contributed by atoms with E-state index in [9.17, 15) is 4.79 Å². The lowest BCUT2D eigenvalue weighted by Gasteiger charge is -2.05. The van der Waals surface area contributed by atoms with Gasteiger partial charge in [-0.3, -0.25) is 0 Å². The van der Waals surface area contributed by atoms with Gasteiger partial charge >= 0.3 is 5.97 Å². The molecule has 0 unspecified atom stereocenters. The van der Waals surface area contributed by atoms with Crippen LogP contribution in [0.3, 0.4) is 0 Å². The Kier molecular flexibility index (Phi) is 4.05. The number of ether oxygens (including phenoxy) is 1. The lowest BCUT2D eigenvalue weighted by molar-refractivity contribution is 0.0521. The van der Waals surface area contributed by atoms with E-state index in [0.717, 1.165) is 28.8 Å². The zero-order chi connectivity index (χ0) is 13.8. The predicted molar refractivity (Wildman–Crippen MR) is 76.3 cm³/mol. The molecule has 100 valence electrons. The Balaban J connectivity index is 2.57. The molecule has 0 atom stereocenters. The van der Waals surface area contributed by atoms with E-state index < -0.39 is 0 Å². The summed E-state index contributed by atoms with van der Waals surface area (Å²) in [6, 6.07) is 9.94. The number of hydrogen-bond donors (Lipinski definition) is 1. The van der Waals surface area contributed by atoms with Crippen LogP contribution in [-0.4, -0.2) is 17.6 Å². The average Bonchev–Trinajstić information content (AvgIpc) is 2.77. The molecule has 0 amide bonds. The fourth-order valence-corrected chi connectivity index (χ4v) is 2.32. The number of benzene rings is 1. The number of carbonyl (C=O) groups excluding carboxylic acids is 1. The first-order valence-electron chi connectivity index (χ1n) is 6.63. The van der Waals surface area contributed by atoms with Gasteiger partial charge in [-0.2, -0.15) is 0 Å². The van der Waals surface area contributed by atoms with Crippen LogP contribution in [0.4, 0.5) is 0 Å². The second kappa shape index (κ2) is 5.74. The van der Waals surface area contributed by atoms with Gasteiger partial charge in [0, 0.05) is 11.3 Å². The summed E-state index contributed by atoms with van der Waals surface area (Å²) in [7, 11) is 0. The molecule has 1 aromatic heterocycles. The van der Waals surface area contributed by atoms with Gasteiger partial charge in [0.05, 0.1) is 6.61 Å². The zero-order valence-electron chi connectivity index (χ0n) is 11.6. The van der Waals surface area contributed by atoms with Gasteiger partial charge in [0.2, 0.25) is 0 Å². The minimum absolute atomic E-state index is 0.288. The summed E-state index contributed by atoms with van der Waals surface area (Å²) >= 11 is 0. The van der Waals surface area contributed by atoms with Crippen molar-refractivity contribution in [3.05, 3.63) is 47.3 Å². The molecule has 0 saturated carbocycles. The molecule has 2 rings (SSSR count). The van der Waals surface area contributed by atoms with E-state index in [1.807, 2.05) is 44.2 Å². The number of aromatic amines is 1. The minimum Gasteiger partial charge on any atom is -0.461 e. The number of esters is 1. The summed E-state index contributed by atoms with van der Waals surface area (Å²) in [6.07, 6.45) is 0.866. The standard InChI is InChI=1S/C16H19NO2/c1-4-13-11(3)14(12-9-7-6-8-10-12)15(17-13)16(18)19-5-2/h6-10,17H,4-5H2,1-3H3. The fraction of sp³-hybridized carbons (Fsp3) is 0.312. The van der Waals surface area contributed by atoms with Gasteiger partial charge in [-0.15, -0.1) is 0 Å². The molecule has 0 saturated heterocycles. The SMILES string of the molecule is CCOC(=O)c1[nH]c(CC)c(C)c1-c1ccccc1. The number of H-pyrrole nitrogens is 1. The summed E-state index contributed by atoms with van der Waals surface area (Å²) in [5.41, 5.74) is 4.76. The average molecular weight is 257 g/mol. The first-order valence-corrected chi connectivity index (χ1v) is 6.63. The van der Waals surface area contributed by atoms with E-state index in [0.29, 0.717) is 12.3 Å². The lowest BCUT2D eigenvalue weighted by atomic mass is 10.0. The van der Waals surface area contributed by atoms with E-state index in [1.54, 1.807) is 0 Å². The molecule has 0 bridgehead atoms. The third-order valence-corrected chi connectivity index (χ3v) is 3.25. The number of aryl methyl sites for hydroxylation is 1. The van der Waals surface area contributed by atoms with Gasteiger partial charge < -0.3 is 9.72 Å². The van der Waals surface area contributed by atoms with Crippen molar-refractivity contribution >= 4 is 5.97 Å². The van der Waals surface area contributed by atoms with Gasteiger partial charge in [-0.25, -0.2) is 4.79 Å². The van der Waals surface area contributed by atoms with Crippen molar-refractivity contribution < 1.29 is 9.53 Å². The maximum Gasteiger partial charge on any atom is 0.355 e. The first kappa shape index (κ1) is 13.4. The van der Waals surface area contributed by atoms with E-state index in [1.165, 1.54) is 0 Å². The number of rotatable bonds is 4. The van der Waals surface area contributed by atoms with Gasteiger partial charge in [0.1, 0.15) is 5.69 Å². The Bertz CT molecular complexity index is 570. The number of aromatic nitrogens is 1. The molecule has 3 heteroatoms. The zero-order valence-corrected chi connectivity index (χ0v) is 11.6. The van der Waals surface area contributed by atoms with E-state index in [4.69, 9.17) is 4.74 Å². The van der Waals surface area contributed by atoms with Crippen LogP contribution in [0.1, 0.15) is 35.6 Å². The molecule has 1 heterocycles. The van der Waals surface area contributed by atoms with Crippen molar-refractivity contribution in [2.24, 2.45) is 0 Å². The third-order valence-electron chi connectivity index (χ3n) is 3.25. The third kappa shape index (κ3) is 2.55. The molecule has 0 aliphatic rings. The molecule has 3 nitrogen and oxygen atoms in total. The van der Waals surface area contributed by atoms with Gasteiger partial charge in [0.25, 0.3) is 0 Å². The van der Waals surface area contributed by atoms with E-state index in [2.05, 4.69) is 11.9 Å². The van der Waals surface area contributed by atoms with E-state index in [-0.39, 0.29) is 5.97 Å². The highest BCUT2D eigenvalue weighted by atomic mass is 16.5. The normalized spacial score (nSPS) is 10.5. The summed E-state index contributed by atoms with van der Waals surface area (Å²) in [5, 5.41) is 0. The maximum atomic E-state index is 12.1. The van der Waals surface area contributed by atoms with Gasteiger partial charge in [0.15, 0.2) is 0 Å². The van der Waals surface area contributed by atoms with Crippen LogP contribution in [0, 0.1) is 6.92 Å². The van der Waals surface area contributed by atoms with Crippen LogP contribution in [0.2, 0.25) is 0 Å². The number of nitrogens with one attached hydrogen (secondary N) is 1. The maximum absolute atomic E-state index is 12.1. The highest BCUT2D eigenvalue weighted by Crippen LogP contribution is 2.30. The molecule has 19 heavy (non-hydrogen) atoms. The molecular formula is C16H19NO2. The van der Waals surface area contributed by atoms with Crippen molar-refractivity contribution in [1.29, 1.82) is 0 Å². The smallest absolute Gasteiger partial charge is 0.355 e. The number of hydrogen-bond acceptors (Lipinski definition) is 2. The molecule has 1 aromatic carbocycles. The van der Waals surface area contributed by atoms with Crippen LogP contribution < -0.4 is 0 Å². The van der Waals surface area contributed by atoms with Crippen LogP contribution in [0.5, 0.6) is 0 Å². The number of carbonyl (C=O) groups is 1. The molecular weight excluding hydrogens is 238 g/mol. The van der Waals surface area contributed by atoms with Gasteiger partial charge in [-0.1, -0.05) is 37.3 Å². The summed E-state index contributed by atoms with van der Waals surface area (Å²) < 4.78 is 5.13. The van der Waals surface area contributed by atoms with Crippen molar-refractivity contribution in [2.45, 2.75) is 27.2 Å². The highest BCUT2D eigenvalue weighted by molar-refractivity contribution is 5.97.